The van der Waals surface area contributed by atoms with Crippen LogP contribution < -0.4 is 4.90 Å². The number of fused-ring (bicyclic) bond motifs is 1. The maximum atomic E-state index is 5.79. The van der Waals surface area contributed by atoms with Gasteiger partial charge in [0, 0.05) is 17.6 Å². The molecule has 1 heterocycles. The molecule has 3 rings (SSSR count). The summed E-state index contributed by atoms with van der Waals surface area (Å²) in [6.45, 7) is 3.76. The Hall–Kier alpha value is -2.13. The molecule has 0 unspecified atom stereocenters. The molecule has 0 spiro atoms. The van der Waals surface area contributed by atoms with Crippen LogP contribution in [0, 0.1) is 0 Å². The van der Waals surface area contributed by atoms with Crippen LogP contribution in [-0.4, -0.2) is 16.5 Å². The zero-order chi connectivity index (χ0) is 14.7. The van der Waals surface area contributed by atoms with E-state index < -0.39 is 0 Å². The molecule has 0 aliphatic heterocycles. The zero-order valence-corrected chi connectivity index (χ0v) is 12.6. The highest BCUT2D eigenvalue weighted by Crippen LogP contribution is 2.27. The fourth-order valence-corrected chi connectivity index (χ4v) is 2.57. The van der Waals surface area contributed by atoms with Gasteiger partial charge in [-0.25, -0.2) is 4.98 Å². The molecular weight excluding hydrogens is 282 g/mol. The number of hydrogen-bond donors (Lipinski definition) is 0. The smallest absolute Gasteiger partial charge is 0.147 e. The van der Waals surface area contributed by atoms with Crippen LogP contribution in [0.3, 0.4) is 0 Å². The molecule has 2 aromatic carbocycles. The fraction of sp³-hybridized carbons (Fsp3) is 0.176. The molecule has 0 aliphatic carbocycles. The van der Waals surface area contributed by atoms with Gasteiger partial charge in [-0.3, -0.25) is 4.98 Å². The van der Waals surface area contributed by atoms with Crippen molar-refractivity contribution in [2.45, 2.75) is 13.5 Å². The molecular formula is C17H16ClN3. The van der Waals surface area contributed by atoms with E-state index in [2.05, 4.69) is 64.3 Å². The highest BCUT2D eigenvalue weighted by atomic mass is 35.5. The Morgan fingerprint density at radius 2 is 1.81 bits per heavy atom. The molecule has 106 valence electrons. The van der Waals surface area contributed by atoms with E-state index in [1.807, 2.05) is 0 Å². The first-order valence-electron chi connectivity index (χ1n) is 6.97. The van der Waals surface area contributed by atoms with Crippen molar-refractivity contribution in [3.05, 3.63) is 65.7 Å². The normalized spacial score (nSPS) is 10.8. The summed E-state index contributed by atoms with van der Waals surface area (Å²) in [5.41, 5.74) is 2.13. The maximum absolute atomic E-state index is 5.79. The second-order valence-electron chi connectivity index (χ2n) is 4.84. The summed E-state index contributed by atoms with van der Waals surface area (Å²) in [5.74, 6) is 0. The van der Waals surface area contributed by atoms with Crippen LogP contribution in [0.2, 0.25) is 5.15 Å². The largest absolute Gasteiger partial charge is 0.365 e. The minimum atomic E-state index is 0.423. The van der Waals surface area contributed by atoms with Crippen molar-refractivity contribution in [3.63, 3.8) is 0 Å². The van der Waals surface area contributed by atoms with Crippen LogP contribution in [-0.2, 0) is 6.54 Å². The van der Waals surface area contributed by atoms with E-state index in [1.54, 1.807) is 12.4 Å². The van der Waals surface area contributed by atoms with Crippen LogP contribution in [0.1, 0.15) is 12.6 Å². The molecule has 3 nitrogen and oxygen atoms in total. The highest BCUT2D eigenvalue weighted by Gasteiger charge is 2.09. The van der Waals surface area contributed by atoms with Gasteiger partial charge in [0.05, 0.1) is 24.6 Å². The zero-order valence-electron chi connectivity index (χ0n) is 11.8. The summed E-state index contributed by atoms with van der Waals surface area (Å²) in [4.78, 5) is 10.7. The Morgan fingerprint density at radius 3 is 2.57 bits per heavy atom. The molecule has 0 saturated heterocycles. The van der Waals surface area contributed by atoms with Crippen molar-refractivity contribution in [3.8, 4) is 0 Å². The first-order valence-corrected chi connectivity index (χ1v) is 7.35. The third-order valence-corrected chi connectivity index (χ3v) is 3.71. The van der Waals surface area contributed by atoms with Crippen molar-refractivity contribution in [2.75, 3.05) is 11.4 Å². The Balaban J connectivity index is 1.96. The van der Waals surface area contributed by atoms with Crippen LogP contribution in [0.25, 0.3) is 10.8 Å². The summed E-state index contributed by atoms with van der Waals surface area (Å²) in [5, 5.41) is 2.92. The average molecular weight is 298 g/mol. The molecule has 0 fully saturated rings. The number of nitrogens with zero attached hydrogens (tertiary/aromatic N) is 3. The minimum Gasteiger partial charge on any atom is -0.365 e. The van der Waals surface area contributed by atoms with Gasteiger partial charge < -0.3 is 4.90 Å². The van der Waals surface area contributed by atoms with Crippen LogP contribution >= 0.6 is 11.6 Å². The summed E-state index contributed by atoms with van der Waals surface area (Å²) in [7, 11) is 0. The minimum absolute atomic E-state index is 0.423. The van der Waals surface area contributed by atoms with E-state index in [1.165, 1.54) is 16.5 Å². The lowest BCUT2D eigenvalue weighted by Crippen LogP contribution is -2.22. The number of halogens is 1. The summed E-state index contributed by atoms with van der Waals surface area (Å²) in [6.07, 6.45) is 3.32. The van der Waals surface area contributed by atoms with E-state index in [0.717, 1.165) is 12.2 Å². The molecule has 0 bridgehead atoms. The highest BCUT2D eigenvalue weighted by molar-refractivity contribution is 6.29. The van der Waals surface area contributed by atoms with Gasteiger partial charge in [0.25, 0.3) is 0 Å². The molecule has 0 N–H and O–H groups in total. The number of benzene rings is 2. The fourth-order valence-electron chi connectivity index (χ4n) is 2.47. The Labute approximate surface area is 129 Å². The third-order valence-electron chi connectivity index (χ3n) is 3.52. The number of anilines is 1. The van der Waals surface area contributed by atoms with Crippen molar-refractivity contribution in [1.82, 2.24) is 9.97 Å². The van der Waals surface area contributed by atoms with Crippen molar-refractivity contribution >= 4 is 28.1 Å². The second kappa shape index (κ2) is 6.10. The first kappa shape index (κ1) is 13.8. The average Bonchev–Trinajstić information content (AvgIpc) is 2.54. The van der Waals surface area contributed by atoms with E-state index >= 15 is 0 Å². The SMILES string of the molecule is CCN(Cc1cnc(Cl)cn1)c1cccc2ccccc12. The molecule has 0 saturated carbocycles. The molecule has 1 aromatic heterocycles. The second-order valence-corrected chi connectivity index (χ2v) is 5.23. The number of aromatic nitrogens is 2. The number of rotatable bonds is 4. The lowest BCUT2D eigenvalue weighted by Gasteiger charge is -2.24. The third kappa shape index (κ3) is 2.98. The van der Waals surface area contributed by atoms with E-state index in [4.69, 9.17) is 11.6 Å². The molecule has 0 radical (unpaired) electrons. The van der Waals surface area contributed by atoms with Crippen LogP contribution in [0.15, 0.2) is 54.9 Å². The van der Waals surface area contributed by atoms with Gasteiger partial charge in [-0.05, 0) is 18.4 Å². The Bertz CT molecular complexity index is 735. The van der Waals surface area contributed by atoms with Crippen molar-refractivity contribution in [2.24, 2.45) is 0 Å². The van der Waals surface area contributed by atoms with Gasteiger partial charge in [0.2, 0.25) is 0 Å². The lowest BCUT2D eigenvalue weighted by molar-refractivity contribution is 0.807. The van der Waals surface area contributed by atoms with Crippen molar-refractivity contribution in [1.29, 1.82) is 0 Å². The monoisotopic (exact) mass is 297 g/mol. The first-order chi connectivity index (χ1) is 10.3. The molecule has 0 aliphatic rings. The predicted molar refractivity (Wildman–Crippen MR) is 87.7 cm³/mol. The lowest BCUT2D eigenvalue weighted by atomic mass is 10.1. The predicted octanol–water partition coefficient (Wildman–Crippen LogP) is 4.31. The molecule has 4 heteroatoms. The standard InChI is InChI=1S/C17H16ClN3/c1-2-21(12-14-10-20-17(18)11-19-14)16-9-5-7-13-6-3-4-8-15(13)16/h3-11H,2,12H2,1H3. The van der Waals surface area contributed by atoms with Gasteiger partial charge >= 0.3 is 0 Å². The molecule has 0 atom stereocenters. The quantitative estimate of drug-likeness (QED) is 0.718. The summed E-state index contributed by atoms with van der Waals surface area (Å²) >= 11 is 5.79. The Morgan fingerprint density at radius 1 is 1.00 bits per heavy atom. The summed E-state index contributed by atoms with van der Waals surface area (Å²) in [6, 6.07) is 14.8. The molecule has 21 heavy (non-hydrogen) atoms. The van der Waals surface area contributed by atoms with Crippen molar-refractivity contribution < 1.29 is 0 Å². The van der Waals surface area contributed by atoms with E-state index in [0.29, 0.717) is 11.7 Å². The van der Waals surface area contributed by atoms with Gasteiger partial charge in [0.1, 0.15) is 5.15 Å². The van der Waals surface area contributed by atoms with Crippen LogP contribution in [0.4, 0.5) is 5.69 Å². The van der Waals surface area contributed by atoms with Gasteiger partial charge in [-0.1, -0.05) is 48.0 Å². The Kier molecular flexibility index (Phi) is 4.02. The topological polar surface area (TPSA) is 29.0 Å². The molecule has 3 aromatic rings. The van der Waals surface area contributed by atoms with E-state index in [-0.39, 0.29) is 0 Å². The van der Waals surface area contributed by atoms with Gasteiger partial charge in [-0.2, -0.15) is 0 Å². The maximum Gasteiger partial charge on any atom is 0.147 e. The van der Waals surface area contributed by atoms with Gasteiger partial charge in [0.15, 0.2) is 0 Å². The van der Waals surface area contributed by atoms with Gasteiger partial charge in [-0.15, -0.1) is 0 Å². The number of hydrogen-bond acceptors (Lipinski definition) is 3. The van der Waals surface area contributed by atoms with E-state index in [9.17, 15) is 0 Å². The van der Waals surface area contributed by atoms with Crippen LogP contribution in [0.5, 0.6) is 0 Å². The summed E-state index contributed by atoms with van der Waals surface area (Å²) < 4.78 is 0. The molecule has 0 amide bonds.